The molecule has 0 bridgehead atoms. The summed E-state index contributed by atoms with van der Waals surface area (Å²) >= 11 is 0. The van der Waals surface area contributed by atoms with Crippen LogP contribution in [-0.4, -0.2) is 52.7 Å². The minimum absolute atomic E-state index is 0.199. The first-order valence-corrected chi connectivity index (χ1v) is 7.70. The first-order chi connectivity index (χ1) is 9.21. The Morgan fingerprint density at radius 3 is 2.60 bits per heavy atom. The van der Waals surface area contributed by atoms with Crippen molar-refractivity contribution >= 4 is 21.7 Å². The fourth-order valence-electron chi connectivity index (χ4n) is 1.66. The van der Waals surface area contributed by atoms with E-state index in [9.17, 15) is 18.0 Å². The van der Waals surface area contributed by atoms with Crippen LogP contribution in [0.2, 0.25) is 0 Å². The maximum atomic E-state index is 11.9. The number of aromatic nitrogens is 2. The van der Waals surface area contributed by atoms with Crippen molar-refractivity contribution in [1.29, 1.82) is 0 Å². The Morgan fingerprint density at radius 1 is 1.50 bits per heavy atom. The van der Waals surface area contributed by atoms with E-state index in [1.807, 2.05) is 0 Å². The summed E-state index contributed by atoms with van der Waals surface area (Å²) in [5.74, 6) is -2.78. The number of sulfone groups is 1. The Labute approximate surface area is 116 Å². The van der Waals surface area contributed by atoms with Gasteiger partial charge < -0.3 is 10.4 Å². The maximum absolute atomic E-state index is 11.9. The lowest BCUT2D eigenvalue weighted by atomic mass is 10.3. The van der Waals surface area contributed by atoms with E-state index in [4.69, 9.17) is 5.11 Å². The number of carbonyl (C=O) groups is 2. The zero-order valence-electron chi connectivity index (χ0n) is 11.2. The lowest BCUT2D eigenvalue weighted by Crippen LogP contribution is -2.45. The molecule has 1 amide bonds. The molecule has 0 spiro atoms. The molecule has 2 N–H and O–H groups in total. The van der Waals surface area contributed by atoms with Crippen LogP contribution in [-0.2, 0) is 32.9 Å². The Kier molecular flexibility index (Phi) is 5.26. The average Bonchev–Trinajstić information content (AvgIpc) is 2.70. The zero-order chi connectivity index (χ0) is 15.3. The van der Waals surface area contributed by atoms with Crippen LogP contribution in [0.3, 0.4) is 0 Å². The van der Waals surface area contributed by atoms with Crippen molar-refractivity contribution in [2.75, 3.05) is 11.5 Å². The van der Waals surface area contributed by atoms with Gasteiger partial charge in [0, 0.05) is 32.3 Å². The summed E-state index contributed by atoms with van der Waals surface area (Å²) in [6, 6.07) is 0.266. The van der Waals surface area contributed by atoms with E-state index >= 15 is 0 Å². The number of aryl methyl sites for hydroxylation is 2. The third-order valence-electron chi connectivity index (χ3n) is 2.69. The molecule has 0 saturated heterocycles. The molecule has 0 aliphatic heterocycles. The fourth-order valence-corrected chi connectivity index (χ4v) is 3.08. The highest BCUT2D eigenvalue weighted by Gasteiger charge is 2.26. The van der Waals surface area contributed by atoms with Crippen molar-refractivity contribution in [2.24, 2.45) is 7.05 Å². The molecule has 0 radical (unpaired) electrons. The van der Waals surface area contributed by atoms with Gasteiger partial charge in [0.15, 0.2) is 9.84 Å². The van der Waals surface area contributed by atoms with Gasteiger partial charge in [-0.15, -0.1) is 0 Å². The molecule has 1 atom stereocenters. The van der Waals surface area contributed by atoms with E-state index in [1.54, 1.807) is 24.0 Å². The minimum atomic E-state index is -3.60. The van der Waals surface area contributed by atoms with Crippen molar-refractivity contribution < 1.29 is 23.1 Å². The first kappa shape index (κ1) is 16.2. The Bertz CT molecular complexity index is 593. The molecule has 1 rings (SSSR count). The van der Waals surface area contributed by atoms with Crippen LogP contribution in [0.15, 0.2) is 12.3 Å². The largest absolute Gasteiger partial charge is 0.480 e. The summed E-state index contributed by atoms with van der Waals surface area (Å²) in [4.78, 5) is 21.8. The molecule has 112 valence electrons. The van der Waals surface area contributed by atoms with Crippen molar-refractivity contribution in [2.45, 2.75) is 19.4 Å². The van der Waals surface area contributed by atoms with Gasteiger partial charge in [-0.25, -0.2) is 13.2 Å². The normalized spacial score (nSPS) is 12.9. The van der Waals surface area contributed by atoms with E-state index in [-0.39, 0.29) is 12.2 Å². The SMILES string of the molecule is CC(=O)NC(CS(=O)(=O)CCc1ccnn1C)C(=O)O. The summed E-state index contributed by atoms with van der Waals surface area (Å²) < 4.78 is 25.3. The minimum Gasteiger partial charge on any atom is -0.480 e. The lowest BCUT2D eigenvalue weighted by molar-refractivity contribution is -0.140. The van der Waals surface area contributed by atoms with Gasteiger partial charge in [-0.1, -0.05) is 0 Å². The van der Waals surface area contributed by atoms with Gasteiger partial charge in [0.05, 0.1) is 11.5 Å². The second-order valence-electron chi connectivity index (χ2n) is 4.40. The van der Waals surface area contributed by atoms with E-state index in [0.29, 0.717) is 0 Å². The summed E-state index contributed by atoms with van der Waals surface area (Å²) in [5.41, 5.74) is 0.736. The topological polar surface area (TPSA) is 118 Å². The lowest BCUT2D eigenvalue weighted by Gasteiger charge is -2.13. The first-order valence-electron chi connectivity index (χ1n) is 5.88. The fraction of sp³-hybridized carbons (Fsp3) is 0.545. The van der Waals surface area contributed by atoms with Crippen LogP contribution in [0, 0.1) is 0 Å². The molecule has 1 aromatic rings. The molecule has 1 unspecified atom stereocenters. The maximum Gasteiger partial charge on any atom is 0.327 e. The van der Waals surface area contributed by atoms with Gasteiger partial charge in [-0.3, -0.25) is 9.48 Å². The predicted molar refractivity (Wildman–Crippen MR) is 70.8 cm³/mol. The van der Waals surface area contributed by atoms with E-state index < -0.39 is 33.5 Å². The Balaban J connectivity index is 2.66. The highest BCUT2D eigenvalue weighted by atomic mass is 32.2. The molecule has 1 heterocycles. The van der Waals surface area contributed by atoms with E-state index in [1.165, 1.54) is 0 Å². The molecular formula is C11H17N3O5S. The number of rotatable bonds is 7. The van der Waals surface area contributed by atoms with Gasteiger partial charge >= 0.3 is 5.97 Å². The van der Waals surface area contributed by atoms with E-state index in [0.717, 1.165) is 12.6 Å². The monoisotopic (exact) mass is 303 g/mol. The van der Waals surface area contributed by atoms with Crippen molar-refractivity contribution in [3.05, 3.63) is 18.0 Å². The molecule has 0 aliphatic rings. The van der Waals surface area contributed by atoms with Gasteiger partial charge in [-0.2, -0.15) is 5.10 Å². The molecule has 8 nitrogen and oxygen atoms in total. The number of hydrogen-bond donors (Lipinski definition) is 2. The second kappa shape index (κ2) is 6.51. The van der Waals surface area contributed by atoms with Crippen molar-refractivity contribution in [1.82, 2.24) is 15.1 Å². The standard InChI is InChI=1S/C11H17N3O5S/c1-8(15)13-10(11(16)17)7-20(18,19)6-4-9-3-5-12-14(9)2/h3,5,10H,4,6-7H2,1-2H3,(H,13,15)(H,16,17). The van der Waals surface area contributed by atoms with Crippen molar-refractivity contribution in [3.8, 4) is 0 Å². The van der Waals surface area contributed by atoms with E-state index in [2.05, 4.69) is 10.4 Å². The van der Waals surface area contributed by atoms with Crippen LogP contribution in [0.25, 0.3) is 0 Å². The summed E-state index contributed by atoms with van der Waals surface area (Å²) in [6.07, 6.45) is 1.80. The number of hydrogen-bond acceptors (Lipinski definition) is 5. The number of aliphatic carboxylic acids is 1. The molecule has 0 aromatic carbocycles. The van der Waals surface area contributed by atoms with Gasteiger partial charge in [-0.05, 0) is 6.07 Å². The zero-order valence-corrected chi connectivity index (χ0v) is 12.1. The number of nitrogens with zero attached hydrogens (tertiary/aromatic N) is 2. The van der Waals surface area contributed by atoms with Crippen LogP contribution in [0.4, 0.5) is 0 Å². The van der Waals surface area contributed by atoms with Crippen LogP contribution in [0.5, 0.6) is 0 Å². The molecule has 0 aliphatic carbocycles. The molecule has 0 saturated carbocycles. The van der Waals surface area contributed by atoms with Crippen LogP contribution >= 0.6 is 0 Å². The second-order valence-corrected chi connectivity index (χ2v) is 6.63. The molecule has 20 heavy (non-hydrogen) atoms. The quantitative estimate of drug-likeness (QED) is 0.664. The number of carbonyl (C=O) groups excluding carboxylic acids is 1. The molecule has 1 aromatic heterocycles. The van der Waals surface area contributed by atoms with Gasteiger partial charge in [0.25, 0.3) is 0 Å². The number of carboxylic acid groups (broad SMARTS) is 1. The average molecular weight is 303 g/mol. The summed E-state index contributed by atoms with van der Waals surface area (Å²) in [5, 5.41) is 14.9. The third-order valence-corrected chi connectivity index (χ3v) is 4.36. The molecule has 0 fully saturated rings. The summed E-state index contributed by atoms with van der Waals surface area (Å²) in [7, 11) is -1.91. The summed E-state index contributed by atoms with van der Waals surface area (Å²) in [6.45, 7) is 1.14. The number of carboxylic acids is 1. The third kappa shape index (κ3) is 5.00. The number of nitrogens with one attached hydrogen (secondary N) is 1. The van der Waals surface area contributed by atoms with Gasteiger partial charge in [0.2, 0.25) is 5.91 Å². The highest BCUT2D eigenvalue weighted by Crippen LogP contribution is 2.03. The molecule has 9 heteroatoms. The Hall–Kier alpha value is -1.90. The van der Waals surface area contributed by atoms with Crippen LogP contribution < -0.4 is 5.32 Å². The predicted octanol–water partition coefficient (Wildman–Crippen LogP) is -1.03. The van der Waals surface area contributed by atoms with Crippen molar-refractivity contribution in [3.63, 3.8) is 0 Å². The molecular weight excluding hydrogens is 286 g/mol. The van der Waals surface area contributed by atoms with Crippen LogP contribution in [0.1, 0.15) is 12.6 Å². The smallest absolute Gasteiger partial charge is 0.327 e. The number of amides is 1. The van der Waals surface area contributed by atoms with Gasteiger partial charge in [0.1, 0.15) is 6.04 Å². The highest BCUT2D eigenvalue weighted by molar-refractivity contribution is 7.91. The Morgan fingerprint density at radius 2 is 2.15 bits per heavy atom.